The van der Waals surface area contributed by atoms with Crippen molar-refractivity contribution in [3.05, 3.63) is 35.9 Å². The van der Waals surface area contributed by atoms with Gasteiger partial charge in [0.25, 0.3) is 0 Å². The zero-order valence-electron chi connectivity index (χ0n) is 15.5. The maximum absolute atomic E-state index is 12.7. The summed E-state index contributed by atoms with van der Waals surface area (Å²) in [5.74, 6) is -0.632. The van der Waals surface area contributed by atoms with E-state index >= 15 is 0 Å². The summed E-state index contributed by atoms with van der Waals surface area (Å²) in [6, 6.07) is 9.54. The van der Waals surface area contributed by atoms with Gasteiger partial charge >= 0.3 is 11.9 Å². The van der Waals surface area contributed by atoms with Gasteiger partial charge < -0.3 is 9.47 Å². The van der Waals surface area contributed by atoms with E-state index in [1.165, 1.54) is 0 Å². The summed E-state index contributed by atoms with van der Waals surface area (Å²) in [7, 11) is 0. The molecule has 1 saturated carbocycles. The summed E-state index contributed by atoms with van der Waals surface area (Å²) < 4.78 is 10.9. The Kier molecular flexibility index (Phi) is 6.59. The number of carbonyl (C=O) groups is 2. The van der Waals surface area contributed by atoms with E-state index in [9.17, 15) is 9.59 Å². The zero-order valence-corrected chi connectivity index (χ0v) is 15.5. The van der Waals surface area contributed by atoms with Crippen LogP contribution in [0.4, 0.5) is 0 Å². The van der Waals surface area contributed by atoms with Gasteiger partial charge in [-0.15, -0.1) is 0 Å². The van der Waals surface area contributed by atoms with Gasteiger partial charge in [-0.2, -0.15) is 0 Å². The highest BCUT2D eigenvalue weighted by molar-refractivity contribution is 5.82. The Bertz CT molecular complexity index is 571. The molecule has 0 saturated heterocycles. The van der Waals surface area contributed by atoms with Crippen LogP contribution in [-0.4, -0.2) is 29.6 Å². The average molecular weight is 347 g/mol. The standard InChI is InChI=1S/C20H29NO4/c1-19(2,3)25-18(23)20(12-8-5-9-13-20)21-14-17(22)24-15-16-10-6-4-7-11-16/h4,6-7,10-11,21H,5,8-9,12-15H2,1-3H3. The Morgan fingerprint density at radius 2 is 1.72 bits per heavy atom. The minimum Gasteiger partial charge on any atom is -0.460 e. The molecule has 1 N–H and O–H groups in total. The molecule has 1 aromatic carbocycles. The molecular formula is C20H29NO4. The lowest BCUT2D eigenvalue weighted by Crippen LogP contribution is -2.56. The smallest absolute Gasteiger partial charge is 0.326 e. The Morgan fingerprint density at radius 3 is 2.32 bits per heavy atom. The molecule has 1 aliphatic rings. The van der Waals surface area contributed by atoms with Crippen LogP contribution in [0.25, 0.3) is 0 Å². The van der Waals surface area contributed by atoms with Gasteiger partial charge in [0.2, 0.25) is 0 Å². The van der Waals surface area contributed by atoms with E-state index in [1.807, 2.05) is 51.1 Å². The van der Waals surface area contributed by atoms with Gasteiger partial charge in [-0.3, -0.25) is 14.9 Å². The Labute approximate surface area is 150 Å². The number of nitrogens with one attached hydrogen (secondary N) is 1. The van der Waals surface area contributed by atoms with Gasteiger partial charge in [0, 0.05) is 0 Å². The quantitative estimate of drug-likeness (QED) is 0.799. The molecule has 1 aliphatic carbocycles. The van der Waals surface area contributed by atoms with Crippen LogP contribution in [0.2, 0.25) is 0 Å². The molecular weight excluding hydrogens is 318 g/mol. The third-order valence-corrected chi connectivity index (χ3v) is 4.31. The van der Waals surface area contributed by atoms with Crippen LogP contribution in [0.3, 0.4) is 0 Å². The van der Waals surface area contributed by atoms with Crippen LogP contribution >= 0.6 is 0 Å². The van der Waals surface area contributed by atoms with Crippen molar-refractivity contribution < 1.29 is 19.1 Å². The number of hydrogen-bond acceptors (Lipinski definition) is 5. The van der Waals surface area contributed by atoms with E-state index in [1.54, 1.807) is 0 Å². The summed E-state index contributed by atoms with van der Waals surface area (Å²) in [4.78, 5) is 24.8. The van der Waals surface area contributed by atoms with Crippen LogP contribution < -0.4 is 5.32 Å². The highest BCUT2D eigenvalue weighted by atomic mass is 16.6. The summed E-state index contributed by atoms with van der Waals surface area (Å²) in [5.41, 5.74) is -0.385. The second-order valence-electron chi connectivity index (χ2n) is 7.64. The molecule has 0 unspecified atom stereocenters. The fraction of sp³-hybridized carbons (Fsp3) is 0.600. The van der Waals surface area contributed by atoms with E-state index in [0.29, 0.717) is 12.8 Å². The van der Waals surface area contributed by atoms with Crippen molar-refractivity contribution in [1.82, 2.24) is 5.32 Å². The van der Waals surface area contributed by atoms with Crippen molar-refractivity contribution in [2.45, 2.75) is 70.6 Å². The SMILES string of the molecule is CC(C)(C)OC(=O)C1(NCC(=O)OCc2ccccc2)CCCCC1. The minimum absolute atomic E-state index is 0.00603. The molecule has 0 amide bonds. The van der Waals surface area contributed by atoms with Gasteiger partial charge in [-0.1, -0.05) is 49.6 Å². The molecule has 0 heterocycles. The number of benzene rings is 1. The zero-order chi connectivity index (χ0) is 18.3. The predicted octanol–water partition coefficient (Wildman–Crippen LogP) is 3.36. The van der Waals surface area contributed by atoms with Crippen molar-refractivity contribution in [2.75, 3.05) is 6.54 Å². The molecule has 5 nitrogen and oxygen atoms in total. The third kappa shape index (κ3) is 6.16. The monoisotopic (exact) mass is 347 g/mol. The number of esters is 2. The number of hydrogen-bond donors (Lipinski definition) is 1. The van der Waals surface area contributed by atoms with Crippen molar-refractivity contribution in [3.8, 4) is 0 Å². The van der Waals surface area contributed by atoms with E-state index < -0.39 is 11.1 Å². The molecule has 1 fully saturated rings. The number of carbonyl (C=O) groups excluding carboxylic acids is 2. The molecule has 5 heteroatoms. The van der Waals surface area contributed by atoms with Gasteiger partial charge in [-0.25, -0.2) is 0 Å². The average Bonchev–Trinajstić information content (AvgIpc) is 2.58. The molecule has 138 valence electrons. The van der Waals surface area contributed by atoms with Crippen molar-refractivity contribution >= 4 is 11.9 Å². The van der Waals surface area contributed by atoms with Crippen molar-refractivity contribution in [3.63, 3.8) is 0 Å². The van der Waals surface area contributed by atoms with Crippen LogP contribution in [0, 0.1) is 0 Å². The fourth-order valence-electron chi connectivity index (χ4n) is 3.01. The van der Waals surface area contributed by atoms with Gasteiger partial charge in [0.15, 0.2) is 0 Å². The van der Waals surface area contributed by atoms with Gasteiger partial charge in [0.05, 0.1) is 6.54 Å². The van der Waals surface area contributed by atoms with E-state index in [-0.39, 0.29) is 25.1 Å². The lowest BCUT2D eigenvalue weighted by molar-refractivity contribution is -0.165. The summed E-state index contributed by atoms with van der Waals surface area (Å²) in [6.45, 7) is 5.81. The highest BCUT2D eigenvalue weighted by Gasteiger charge is 2.42. The fourth-order valence-corrected chi connectivity index (χ4v) is 3.01. The number of ether oxygens (including phenoxy) is 2. The van der Waals surface area contributed by atoms with Crippen LogP contribution in [0.5, 0.6) is 0 Å². The Morgan fingerprint density at radius 1 is 1.08 bits per heavy atom. The van der Waals surface area contributed by atoms with Crippen LogP contribution in [0.1, 0.15) is 58.4 Å². The highest BCUT2D eigenvalue weighted by Crippen LogP contribution is 2.30. The summed E-state index contributed by atoms with van der Waals surface area (Å²) in [6.07, 6.45) is 4.38. The molecule has 0 spiro atoms. The normalized spacial score (nSPS) is 16.9. The van der Waals surface area contributed by atoms with E-state index in [2.05, 4.69) is 5.32 Å². The van der Waals surface area contributed by atoms with E-state index in [0.717, 1.165) is 24.8 Å². The molecule has 1 aromatic rings. The van der Waals surface area contributed by atoms with Gasteiger partial charge in [-0.05, 0) is 39.2 Å². The van der Waals surface area contributed by atoms with Crippen LogP contribution in [0.15, 0.2) is 30.3 Å². The molecule has 0 radical (unpaired) electrons. The van der Waals surface area contributed by atoms with Crippen LogP contribution in [-0.2, 0) is 25.7 Å². The minimum atomic E-state index is -0.780. The second kappa shape index (κ2) is 8.48. The molecule has 0 bridgehead atoms. The lowest BCUT2D eigenvalue weighted by Gasteiger charge is -2.37. The lowest BCUT2D eigenvalue weighted by atomic mass is 9.81. The third-order valence-electron chi connectivity index (χ3n) is 4.31. The summed E-state index contributed by atoms with van der Waals surface area (Å²) >= 11 is 0. The van der Waals surface area contributed by atoms with Crippen molar-refractivity contribution in [1.29, 1.82) is 0 Å². The van der Waals surface area contributed by atoms with Crippen molar-refractivity contribution in [2.24, 2.45) is 0 Å². The maximum Gasteiger partial charge on any atom is 0.326 e. The molecule has 0 aromatic heterocycles. The number of rotatable bonds is 6. The predicted molar refractivity (Wildman–Crippen MR) is 95.9 cm³/mol. The first kappa shape index (κ1) is 19.4. The largest absolute Gasteiger partial charge is 0.460 e. The second-order valence-corrected chi connectivity index (χ2v) is 7.64. The first-order valence-corrected chi connectivity index (χ1v) is 8.99. The maximum atomic E-state index is 12.7. The Hall–Kier alpha value is -1.88. The Balaban J connectivity index is 1.91. The molecule has 25 heavy (non-hydrogen) atoms. The molecule has 2 rings (SSSR count). The van der Waals surface area contributed by atoms with E-state index in [4.69, 9.17) is 9.47 Å². The first-order chi connectivity index (χ1) is 11.8. The van der Waals surface area contributed by atoms with Gasteiger partial charge in [0.1, 0.15) is 17.7 Å². The first-order valence-electron chi connectivity index (χ1n) is 8.99. The summed E-state index contributed by atoms with van der Waals surface area (Å²) in [5, 5.41) is 3.14. The molecule has 0 atom stereocenters. The topological polar surface area (TPSA) is 64.6 Å². The molecule has 0 aliphatic heterocycles.